The Labute approximate surface area is 164 Å². The van der Waals surface area contributed by atoms with E-state index >= 15 is 0 Å². The molecule has 1 heterocycles. The van der Waals surface area contributed by atoms with Gasteiger partial charge in [0, 0.05) is 11.4 Å². The molecule has 0 unspecified atom stereocenters. The van der Waals surface area contributed by atoms with Crippen LogP contribution < -0.4 is 10.9 Å². The molecule has 3 aromatic rings. The lowest BCUT2D eigenvalue weighted by Crippen LogP contribution is -2.44. The Morgan fingerprint density at radius 3 is 2.43 bits per heavy atom. The fraction of sp³-hybridized carbons (Fsp3) is 0.348. The van der Waals surface area contributed by atoms with Gasteiger partial charge < -0.3 is 5.32 Å². The molecule has 1 fully saturated rings. The molecule has 5 nitrogen and oxygen atoms in total. The molecule has 1 saturated carbocycles. The van der Waals surface area contributed by atoms with Crippen LogP contribution in [0.4, 0.5) is 0 Å². The third-order valence-electron chi connectivity index (χ3n) is 6.04. The second-order valence-corrected chi connectivity index (χ2v) is 7.79. The van der Waals surface area contributed by atoms with Crippen molar-refractivity contribution in [2.24, 2.45) is 11.8 Å². The van der Waals surface area contributed by atoms with E-state index in [4.69, 9.17) is 0 Å². The van der Waals surface area contributed by atoms with Gasteiger partial charge in [0.1, 0.15) is 0 Å². The minimum Gasteiger partial charge on any atom is -0.348 e. The van der Waals surface area contributed by atoms with Crippen molar-refractivity contribution in [1.82, 2.24) is 15.1 Å². The maximum Gasteiger partial charge on any atom is 0.279 e. The summed E-state index contributed by atoms with van der Waals surface area (Å²) in [5.41, 5.74) is 0.717. The average Bonchev–Trinajstić information content (AvgIpc) is 2.72. The maximum absolute atomic E-state index is 13.2. The van der Waals surface area contributed by atoms with Crippen LogP contribution in [-0.2, 0) is 0 Å². The number of aromatic nitrogens is 2. The molecule has 0 bridgehead atoms. The molecular formula is C23H25N3O2. The van der Waals surface area contributed by atoms with Crippen molar-refractivity contribution in [3.63, 3.8) is 0 Å². The summed E-state index contributed by atoms with van der Waals surface area (Å²) in [6.07, 6.45) is 3.30. The number of hydrogen-bond acceptors (Lipinski definition) is 3. The molecule has 0 radical (unpaired) electrons. The van der Waals surface area contributed by atoms with Crippen molar-refractivity contribution < 1.29 is 4.79 Å². The summed E-state index contributed by atoms with van der Waals surface area (Å²) in [5.74, 6) is 0.790. The molecule has 144 valence electrons. The molecule has 0 aliphatic heterocycles. The van der Waals surface area contributed by atoms with Gasteiger partial charge in [0.05, 0.1) is 11.1 Å². The van der Waals surface area contributed by atoms with Crippen molar-refractivity contribution in [1.29, 1.82) is 0 Å². The predicted octanol–water partition coefficient (Wildman–Crippen LogP) is 3.94. The lowest BCUT2D eigenvalue weighted by Gasteiger charge is -2.34. The number of nitrogens with zero attached hydrogens (tertiary/aromatic N) is 2. The Balaban J connectivity index is 1.79. The maximum atomic E-state index is 13.2. The van der Waals surface area contributed by atoms with Crippen LogP contribution in [0.3, 0.4) is 0 Å². The second kappa shape index (κ2) is 7.58. The van der Waals surface area contributed by atoms with E-state index in [-0.39, 0.29) is 17.5 Å². The number of fused-ring (bicyclic) bond motifs is 1. The molecular weight excluding hydrogens is 350 g/mol. The van der Waals surface area contributed by atoms with Crippen LogP contribution >= 0.6 is 0 Å². The van der Waals surface area contributed by atoms with Gasteiger partial charge in [0.15, 0.2) is 5.69 Å². The van der Waals surface area contributed by atoms with Gasteiger partial charge in [0.2, 0.25) is 0 Å². The lowest BCUT2D eigenvalue weighted by atomic mass is 9.78. The fourth-order valence-corrected chi connectivity index (χ4v) is 4.12. The van der Waals surface area contributed by atoms with Crippen molar-refractivity contribution in [3.8, 4) is 5.69 Å². The van der Waals surface area contributed by atoms with Gasteiger partial charge in [0.25, 0.3) is 11.5 Å². The van der Waals surface area contributed by atoms with Gasteiger partial charge in [-0.05, 0) is 36.5 Å². The van der Waals surface area contributed by atoms with E-state index in [1.807, 2.05) is 42.5 Å². The smallest absolute Gasteiger partial charge is 0.279 e. The van der Waals surface area contributed by atoms with E-state index in [0.29, 0.717) is 34.0 Å². The van der Waals surface area contributed by atoms with E-state index in [2.05, 4.69) is 24.3 Å². The zero-order valence-electron chi connectivity index (χ0n) is 16.3. The first kappa shape index (κ1) is 18.4. The van der Waals surface area contributed by atoms with Crippen LogP contribution in [0, 0.1) is 11.8 Å². The Hall–Kier alpha value is -2.95. The van der Waals surface area contributed by atoms with Gasteiger partial charge >= 0.3 is 0 Å². The van der Waals surface area contributed by atoms with Gasteiger partial charge in [-0.2, -0.15) is 9.78 Å². The molecule has 0 spiro atoms. The minimum absolute atomic E-state index is 0.133. The van der Waals surface area contributed by atoms with E-state index < -0.39 is 0 Å². The average molecular weight is 375 g/mol. The summed E-state index contributed by atoms with van der Waals surface area (Å²) >= 11 is 0. The summed E-state index contributed by atoms with van der Waals surface area (Å²) < 4.78 is 1.32. The monoisotopic (exact) mass is 375 g/mol. The first-order chi connectivity index (χ1) is 13.6. The Kier molecular flexibility index (Phi) is 4.99. The van der Waals surface area contributed by atoms with Gasteiger partial charge in [-0.3, -0.25) is 9.59 Å². The van der Waals surface area contributed by atoms with Gasteiger partial charge in [-0.15, -0.1) is 0 Å². The zero-order chi connectivity index (χ0) is 19.7. The van der Waals surface area contributed by atoms with E-state index in [9.17, 15) is 9.59 Å². The Bertz CT molecular complexity index is 1060. The fourth-order valence-electron chi connectivity index (χ4n) is 4.12. The number of rotatable bonds is 3. The van der Waals surface area contributed by atoms with Crippen LogP contribution in [0.1, 0.15) is 43.6 Å². The molecule has 28 heavy (non-hydrogen) atoms. The highest BCUT2D eigenvalue weighted by molar-refractivity contribution is 6.05. The molecule has 1 amide bonds. The Morgan fingerprint density at radius 1 is 1.00 bits per heavy atom. The van der Waals surface area contributed by atoms with Crippen LogP contribution in [-0.4, -0.2) is 21.7 Å². The third kappa shape index (κ3) is 3.33. The molecule has 2 aromatic carbocycles. The second-order valence-electron chi connectivity index (χ2n) is 7.79. The van der Waals surface area contributed by atoms with E-state index in [0.717, 1.165) is 12.8 Å². The molecule has 4 rings (SSSR count). The summed E-state index contributed by atoms with van der Waals surface area (Å²) in [5, 5.41) is 8.75. The highest BCUT2D eigenvalue weighted by Crippen LogP contribution is 2.29. The largest absolute Gasteiger partial charge is 0.348 e. The van der Waals surface area contributed by atoms with E-state index in [1.54, 1.807) is 12.1 Å². The number of carbonyl (C=O) groups is 1. The van der Waals surface area contributed by atoms with Crippen LogP contribution in [0.15, 0.2) is 59.4 Å². The minimum atomic E-state index is -0.224. The molecule has 0 saturated heterocycles. The molecule has 1 aliphatic carbocycles. The molecule has 1 aliphatic rings. The number of hydrogen-bond donors (Lipinski definition) is 1. The summed E-state index contributed by atoms with van der Waals surface area (Å²) in [4.78, 5) is 26.1. The van der Waals surface area contributed by atoms with Crippen molar-refractivity contribution in [3.05, 3.63) is 70.6 Å². The standard InChI is InChI=1S/C23H25N3O2/c1-15-9-8-14-20(16(15)2)24-22(27)21-18-12-6-7-13-19(18)23(28)26(25-21)17-10-4-3-5-11-17/h3-7,10-13,15-16,20H,8-9,14H2,1-2H3,(H,24,27)/t15-,16+,20-/m1/s1. The lowest BCUT2D eigenvalue weighted by molar-refractivity contribution is 0.0886. The first-order valence-electron chi connectivity index (χ1n) is 9.94. The summed E-state index contributed by atoms with van der Waals surface area (Å²) in [7, 11) is 0. The molecule has 5 heteroatoms. The quantitative estimate of drug-likeness (QED) is 0.754. The van der Waals surface area contributed by atoms with Gasteiger partial charge in [-0.25, -0.2) is 0 Å². The zero-order valence-corrected chi connectivity index (χ0v) is 16.3. The number of benzene rings is 2. The topological polar surface area (TPSA) is 64.0 Å². The molecule has 1 aromatic heterocycles. The number of para-hydroxylation sites is 1. The third-order valence-corrected chi connectivity index (χ3v) is 6.04. The van der Waals surface area contributed by atoms with Crippen molar-refractivity contribution in [2.45, 2.75) is 39.2 Å². The number of amides is 1. The number of carbonyl (C=O) groups excluding carboxylic acids is 1. The van der Waals surface area contributed by atoms with Crippen LogP contribution in [0.5, 0.6) is 0 Å². The highest BCUT2D eigenvalue weighted by atomic mass is 16.2. The Morgan fingerprint density at radius 2 is 1.68 bits per heavy atom. The SMILES string of the molecule is C[C@H]1[C@H](C)CCC[C@H]1NC(=O)c1nn(-c2ccccc2)c(=O)c2ccccc12. The highest BCUT2D eigenvalue weighted by Gasteiger charge is 2.29. The first-order valence-corrected chi connectivity index (χ1v) is 9.94. The molecule has 3 atom stereocenters. The van der Waals surface area contributed by atoms with Crippen LogP contribution in [0.25, 0.3) is 16.5 Å². The van der Waals surface area contributed by atoms with Crippen molar-refractivity contribution >= 4 is 16.7 Å². The number of nitrogens with one attached hydrogen (secondary N) is 1. The van der Waals surface area contributed by atoms with Crippen molar-refractivity contribution in [2.75, 3.05) is 0 Å². The van der Waals surface area contributed by atoms with E-state index in [1.165, 1.54) is 11.1 Å². The summed E-state index contributed by atoms with van der Waals surface area (Å²) in [6, 6.07) is 16.5. The van der Waals surface area contributed by atoms with Crippen LogP contribution in [0.2, 0.25) is 0 Å². The molecule has 1 N–H and O–H groups in total. The van der Waals surface area contributed by atoms with Gasteiger partial charge in [-0.1, -0.05) is 63.1 Å². The summed E-state index contributed by atoms with van der Waals surface area (Å²) in [6.45, 7) is 4.44. The predicted molar refractivity (Wildman–Crippen MR) is 111 cm³/mol. The normalized spacial score (nSPS) is 22.1.